The van der Waals surface area contributed by atoms with Gasteiger partial charge in [-0.2, -0.15) is 0 Å². The van der Waals surface area contributed by atoms with Gasteiger partial charge in [-0.3, -0.25) is 9.78 Å². The zero-order chi connectivity index (χ0) is 11.3. The molecule has 0 spiro atoms. The van der Waals surface area contributed by atoms with Crippen molar-refractivity contribution in [2.45, 2.75) is 27.3 Å². The van der Waals surface area contributed by atoms with Crippen molar-refractivity contribution in [3.05, 3.63) is 41.2 Å². The minimum Gasteiger partial charge on any atom is -0.348 e. The largest absolute Gasteiger partial charge is 0.348 e. The Morgan fingerprint density at radius 2 is 2.27 bits per heavy atom. The molecule has 0 saturated carbocycles. The fourth-order valence-corrected chi connectivity index (χ4v) is 1.22. The molecule has 1 rings (SSSR count). The zero-order valence-electron chi connectivity index (χ0n) is 9.37. The predicted octanol–water partition coefficient (Wildman–Crippen LogP) is 1.97. The van der Waals surface area contributed by atoms with Crippen molar-refractivity contribution < 1.29 is 4.79 Å². The first-order valence-electron chi connectivity index (χ1n) is 4.92. The van der Waals surface area contributed by atoms with Gasteiger partial charge in [-0.15, -0.1) is 0 Å². The van der Waals surface area contributed by atoms with Crippen LogP contribution in [0.1, 0.15) is 25.1 Å². The second-order valence-corrected chi connectivity index (χ2v) is 3.74. The van der Waals surface area contributed by atoms with Gasteiger partial charge < -0.3 is 5.32 Å². The van der Waals surface area contributed by atoms with Crippen LogP contribution in [-0.4, -0.2) is 10.9 Å². The van der Waals surface area contributed by atoms with E-state index in [0.717, 1.165) is 16.8 Å². The standard InChI is InChI=1S/C12H16N2O/c1-9(2)6-12(15)14-8-11-4-5-13-10(3)7-11/h4-7H,8H2,1-3H3,(H,14,15). The fourth-order valence-electron chi connectivity index (χ4n) is 1.22. The summed E-state index contributed by atoms with van der Waals surface area (Å²) < 4.78 is 0. The third-order valence-electron chi connectivity index (χ3n) is 1.85. The monoisotopic (exact) mass is 204 g/mol. The van der Waals surface area contributed by atoms with Gasteiger partial charge in [0.15, 0.2) is 0 Å². The van der Waals surface area contributed by atoms with Crippen LogP contribution in [0.3, 0.4) is 0 Å². The highest BCUT2D eigenvalue weighted by atomic mass is 16.1. The maximum absolute atomic E-state index is 11.3. The van der Waals surface area contributed by atoms with E-state index >= 15 is 0 Å². The van der Waals surface area contributed by atoms with Crippen LogP contribution in [0.2, 0.25) is 0 Å². The van der Waals surface area contributed by atoms with Crippen molar-refractivity contribution >= 4 is 5.91 Å². The molecule has 0 unspecified atom stereocenters. The number of hydrogen-bond donors (Lipinski definition) is 1. The van der Waals surface area contributed by atoms with Crippen LogP contribution in [0.4, 0.5) is 0 Å². The maximum atomic E-state index is 11.3. The summed E-state index contributed by atoms with van der Waals surface area (Å²) in [7, 11) is 0. The average molecular weight is 204 g/mol. The topological polar surface area (TPSA) is 42.0 Å². The highest BCUT2D eigenvalue weighted by Gasteiger charge is 1.97. The Labute approximate surface area is 90.2 Å². The number of nitrogens with one attached hydrogen (secondary N) is 1. The molecule has 1 aromatic rings. The molecule has 3 heteroatoms. The third kappa shape index (κ3) is 4.40. The molecule has 3 nitrogen and oxygen atoms in total. The highest BCUT2D eigenvalue weighted by Crippen LogP contribution is 2.00. The van der Waals surface area contributed by atoms with Crippen LogP contribution in [0.15, 0.2) is 30.0 Å². The summed E-state index contributed by atoms with van der Waals surface area (Å²) >= 11 is 0. The molecule has 0 aliphatic carbocycles. The van der Waals surface area contributed by atoms with Crippen molar-refractivity contribution in [3.8, 4) is 0 Å². The zero-order valence-corrected chi connectivity index (χ0v) is 9.37. The van der Waals surface area contributed by atoms with Crippen molar-refractivity contribution in [3.63, 3.8) is 0 Å². The normalized spacial score (nSPS) is 9.53. The SMILES string of the molecule is CC(C)=CC(=O)NCc1ccnc(C)c1. The van der Waals surface area contributed by atoms with E-state index in [-0.39, 0.29) is 5.91 Å². The highest BCUT2D eigenvalue weighted by molar-refractivity contribution is 5.87. The number of allylic oxidation sites excluding steroid dienone is 1. The Hall–Kier alpha value is -1.64. The van der Waals surface area contributed by atoms with Gasteiger partial charge in [0.1, 0.15) is 0 Å². The smallest absolute Gasteiger partial charge is 0.244 e. The molecular weight excluding hydrogens is 188 g/mol. The summed E-state index contributed by atoms with van der Waals surface area (Å²) in [6.07, 6.45) is 3.34. The van der Waals surface area contributed by atoms with Gasteiger partial charge in [0.25, 0.3) is 0 Å². The molecule has 0 fully saturated rings. The first-order chi connectivity index (χ1) is 7.08. The van der Waals surface area contributed by atoms with E-state index in [4.69, 9.17) is 0 Å². The van der Waals surface area contributed by atoms with Crippen molar-refractivity contribution in [1.29, 1.82) is 0 Å². The molecule has 15 heavy (non-hydrogen) atoms. The molecule has 1 N–H and O–H groups in total. The fraction of sp³-hybridized carbons (Fsp3) is 0.333. The lowest BCUT2D eigenvalue weighted by molar-refractivity contribution is -0.116. The molecule has 0 aromatic carbocycles. The molecule has 1 aromatic heterocycles. The first-order valence-corrected chi connectivity index (χ1v) is 4.92. The summed E-state index contributed by atoms with van der Waals surface area (Å²) in [5.74, 6) is -0.0514. The molecule has 80 valence electrons. The lowest BCUT2D eigenvalue weighted by Crippen LogP contribution is -2.20. The Morgan fingerprint density at radius 3 is 2.87 bits per heavy atom. The molecule has 1 amide bonds. The van der Waals surface area contributed by atoms with Gasteiger partial charge >= 0.3 is 0 Å². The third-order valence-corrected chi connectivity index (χ3v) is 1.85. The number of rotatable bonds is 3. The summed E-state index contributed by atoms with van der Waals surface area (Å²) in [6.45, 7) is 6.28. The molecular formula is C12H16N2O. The number of aromatic nitrogens is 1. The average Bonchev–Trinajstić information content (AvgIpc) is 2.14. The predicted molar refractivity (Wildman–Crippen MR) is 60.3 cm³/mol. The summed E-state index contributed by atoms with van der Waals surface area (Å²) in [5, 5.41) is 2.81. The maximum Gasteiger partial charge on any atom is 0.244 e. The Bertz CT molecular complexity index is 379. The van der Waals surface area contributed by atoms with Crippen LogP contribution in [0.5, 0.6) is 0 Å². The van der Waals surface area contributed by atoms with E-state index in [1.165, 1.54) is 0 Å². The molecule has 1 heterocycles. The Morgan fingerprint density at radius 1 is 1.53 bits per heavy atom. The molecule has 0 atom stereocenters. The van der Waals surface area contributed by atoms with Crippen LogP contribution >= 0.6 is 0 Å². The number of carbonyl (C=O) groups is 1. The van der Waals surface area contributed by atoms with Crippen molar-refractivity contribution in [1.82, 2.24) is 10.3 Å². The van der Waals surface area contributed by atoms with Crippen LogP contribution in [-0.2, 0) is 11.3 Å². The molecule has 0 bridgehead atoms. The lowest BCUT2D eigenvalue weighted by Gasteiger charge is -2.03. The molecule has 0 saturated heterocycles. The number of aryl methyl sites for hydroxylation is 1. The van der Waals surface area contributed by atoms with E-state index in [9.17, 15) is 4.79 Å². The summed E-state index contributed by atoms with van der Waals surface area (Å²) in [5.41, 5.74) is 3.03. The van der Waals surface area contributed by atoms with Gasteiger partial charge in [-0.25, -0.2) is 0 Å². The number of nitrogens with zero attached hydrogens (tertiary/aromatic N) is 1. The lowest BCUT2D eigenvalue weighted by atomic mass is 10.2. The quantitative estimate of drug-likeness (QED) is 0.765. The molecule has 0 aliphatic rings. The van der Waals surface area contributed by atoms with Gasteiger partial charge in [0, 0.05) is 24.5 Å². The number of carbonyl (C=O) groups excluding carboxylic acids is 1. The number of pyridine rings is 1. The molecule has 0 aliphatic heterocycles. The minimum absolute atomic E-state index is 0.0514. The molecule has 0 radical (unpaired) electrons. The van der Waals surface area contributed by atoms with Gasteiger partial charge in [-0.1, -0.05) is 5.57 Å². The van der Waals surface area contributed by atoms with Crippen molar-refractivity contribution in [2.75, 3.05) is 0 Å². The van der Waals surface area contributed by atoms with Crippen molar-refractivity contribution in [2.24, 2.45) is 0 Å². The van der Waals surface area contributed by atoms with E-state index in [0.29, 0.717) is 6.54 Å². The summed E-state index contributed by atoms with van der Waals surface area (Å²) in [4.78, 5) is 15.4. The van der Waals surface area contributed by atoms with Gasteiger partial charge in [-0.05, 0) is 38.5 Å². The van der Waals surface area contributed by atoms with Crippen LogP contribution in [0.25, 0.3) is 0 Å². The first kappa shape index (κ1) is 11.4. The second kappa shape index (κ2) is 5.29. The van der Waals surface area contributed by atoms with Gasteiger partial charge in [0.05, 0.1) is 0 Å². The number of amides is 1. The summed E-state index contributed by atoms with van der Waals surface area (Å²) in [6, 6.07) is 3.86. The van der Waals surface area contributed by atoms with Crippen LogP contribution < -0.4 is 5.32 Å². The van der Waals surface area contributed by atoms with Crippen LogP contribution in [0, 0.1) is 6.92 Å². The van der Waals surface area contributed by atoms with E-state index in [1.54, 1.807) is 12.3 Å². The van der Waals surface area contributed by atoms with E-state index < -0.39 is 0 Å². The van der Waals surface area contributed by atoms with E-state index in [1.807, 2.05) is 32.9 Å². The Kier molecular flexibility index (Phi) is 4.03. The van der Waals surface area contributed by atoms with Gasteiger partial charge in [0.2, 0.25) is 5.91 Å². The Balaban J connectivity index is 2.51. The number of hydrogen-bond acceptors (Lipinski definition) is 2. The second-order valence-electron chi connectivity index (χ2n) is 3.74. The minimum atomic E-state index is -0.0514. The van der Waals surface area contributed by atoms with E-state index in [2.05, 4.69) is 10.3 Å².